The number of carbonyl (C=O) groups excluding carboxylic acids is 2. The molecule has 0 aliphatic carbocycles. The van der Waals surface area contributed by atoms with Gasteiger partial charge in [0.15, 0.2) is 0 Å². The first-order valence-electron chi connectivity index (χ1n) is 7.51. The molecule has 114 valence electrons. The quantitative estimate of drug-likeness (QED) is 0.797. The van der Waals surface area contributed by atoms with Gasteiger partial charge in [0.05, 0.1) is 6.04 Å². The van der Waals surface area contributed by atoms with Crippen molar-refractivity contribution in [2.24, 2.45) is 5.92 Å². The third-order valence-electron chi connectivity index (χ3n) is 3.57. The van der Waals surface area contributed by atoms with E-state index in [9.17, 15) is 9.59 Å². The largest absolute Gasteiger partial charge is 0.326 e. The smallest absolute Gasteiger partial charge is 0.241 e. The van der Waals surface area contributed by atoms with Crippen molar-refractivity contribution in [2.45, 2.75) is 39.2 Å². The van der Waals surface area contributed by atoms with Gasteiger partial charge in [-0.05, 0) is 43.7 Å². The highest BCUT2D eigenvalue weighted by Gasteiger charge is 2.20. The topological polar surface area (TPSA) is 70.2 Å². The molecule has 1 saturated heterocycles. The maximum Gasteiger partial charge on any atom is 0.241 e. The van der Waals surface area contributed by atoms with Crippen molar-refractivity contribution in [1.82, 2.24) is 5.32 Å². The summed E-state index contributed by atoms with van der Waals surface area (Å²) in [5.41, 5.74) is 1.48. The summed E-state index contributed by atoms with van der Waals surface area (Å²) in [4.78, 5) is 23.7. The lowest BCUT2D eigenvalue weighted by molar-refractivity contribution is -0.119. The molecule has 0 spiro atoms. The molecule has 1 fully saturated rings. The van der Waals surface area contributed by atoms with Crippen LogP contribution in [-0.4, -0.2) is 24.4 Å². The fraction of sp³-hybridized carbons (Fsp3) is 0.500. The molecule has 2 amide bonds. The first-order valence-corrected chi connectivity index (χ1v) is 7.51. The number of hydrogen-bond donors (Lipinski definition) is 3. The van der Waals surface area contributed by atoms with Gasteiger partial charge in [0.1, 0.15) is 0 Å². The normalized spacial score (nSPS) is 18.3. The second kappa shape index (κ2) is 7.22. The van der Waals surface area contributed by atoms with Crippen LogP contribution in [-0.2, 0) is 9.59 Å². The molecule has 1 aromatic carbocycles. The van der Waals surface area contributed by atoms with Gasteiger partial charge in [-0.25, -0.2) is 0 Å². The zero-order valence-corrected chi connectivity index (χ0v) is 12.6. The molecule has 3 N–H and O–H groups in total. The van der Waals surface area contributed by atoms with Gasteiger partial charge in [0, 0.05) is 17.3 Å². The highest BCUT2D eigenvalue weighted by atomic mass is 16.2. The predicted molar refractivity (Wildman–Crippen MR) is 84.2 cm³/mol. The molecule has 0 saturated carbocycles. The molecule has 0 radical (unpaired) electrons. The Bertz CT molecular complexity index is 491. The lowest BCUT2D eigenvalue weighted by atomic mass is 10.0. The summed E-state index contributed by atoms with van der Waals surface area (Å²) in [6.07, 6.45) is 3.10. The number of amides is 2. The van der Waals surface area contributed by atoms with Gasteiger partial charge in [-0.3, -0.25) is 9.59 Å². The van der Waals surface area contributed by atoms with Gasteiger partial charge in [0.2, 0.25) is 11.8 Å². The molecule has 1 aliphatic rings. The van der Waals surface area contributed by atoms with Crippen molar-refractivity contribution in [2.75, 3.05) is 17.2 Å². The molecule has 1 aliphatic heterocycles. The third kappa shape index (κ3) is 4.56. The minimum atomic E-state index is -0.0981. The first kappa shape index (κ1) is 15.5. The number of nitrogens with one attached hydrogen (secondary N) is 3. The average molecular weight is 289 g/mol. The summed E-state index contributed by atoms with van der Waals surface area (Å²) >= 11 is 0. The molecule has 1 atom stereocenters. The number of rotatable bonds is 4. The van der Waals surface area contributed by atoms with Crippen molar-refractivity contribution in [3.05, 3.63) is 24.3 Å². The van der Waals surface area contributed by atoms with Gasteiger partial charge in [-0.1, -0.05) is 20.3 Å². The van der Waals surface area contributed by atoms with E-state index in [0.29, 0.717) is 0 Å². The van der Waals surface area contributed by atoms with Gasteiger partial charge >= 0.3 is 0 Å². The van der Waals surface area contributed by atoms with Crippen LogP contribution in [0.15, 0.2) is 24.3 Å². The van der Waals surface area contributed by atoms with E-state index in [1.165, 1.54) is 0 Å². The Morgan fingerprint density at radius 3 is 2.24 bits per heavy atom. The van der Waals surface area contributed by atoms with Crippen molar-refractivity contribution in [3.8, 4) is 0 Å². The lowest BCUT2D eigenvalue weighted by Crippen LogP contribution is -2.43. The van der Waals surface area contributed by atoms with Crippen LogP contribution in [0, 0.1) is 5.92 Å². The monoisotopic (exact) mass is 289 g/mol. The summed E-state index contributed by atoms with van der Waals surface area (Å²) in [5, 5.41) is 8.94. The maximum atomic E-state index is 12.1. The van der Waals surface area contributed by atoms with Crippen molar-refractivity contribution >= 4 is 23.2 Å². The average Bonchev–Trinajstić information content (AvgIpc) is 2.50. The van der Waals surface area contributed by atoms with Gasteiger partial charge in [-0.2, -0.15) is 0 Å². The lowest BCUT2D eigenvalue weighted by Gasteiger charge is -2.22. The predicted octanol–water partition coefficient (Wildman–Crippen LogP) is 2.36. The summed E-state index contributed by atoms with van der Waals surface area (Å²) in [6.45, 7) is 4.60. The SMILES string of the molecule is CC(C)C(=O)Nc1ccc(NC(=O)[C@H]2CCCCN2)cc1. The van der Waals surface area contributed by atoms with E-state index in [2.05, 4.69) is 16.0 Å². The zero-order valence-electron chi connectivity index (χ0n) is 12.6. The molecule has 1 heterocycles. The Balaban J connectivity index is 1.89. The summed E-state index contributed by atoms with van der Waals surface area (Å²) < 4.78 is 0. The molecule has 5 heteroatoms. The van der Waals surface area contributed by atoms with Crippen LogP contribution in [0.4, 0.5) is 11.4 Å². The number of hydrogen-bond acceptors (Lipinski definition) is 3. The molecule has 2 rings (SSSR count). The Morgan fingerprint density at radius 1 is 1.10 bits per heavy atom. The Kier molecular flexibility index (Phi) is 5.33. The van der Waals surface area contributed by atoms with Crippen LogP contribution in [0.3, 0.4) is 0 Å². The van der Waals surface area contributed by atoms with Crippen molar-refractivity contribution in [3.63, 3.8) is 0 Å². The van der Waals surface area contributed by atoms with E-state index in [0.717, 1.165) is 37.2 Å². The maximum absolute atomic E-state index is 12.1. The second-order valence-corrected chi connectivity index (χ2v) is 5.71. The molecule has 0 unspecified atom stereocenters. The Morgan fingerprint density at radius 2 is 1.71 bits per heavy atom. The number of piperidine rings is 1. The Hall–Kier alpha value is -1.88. The van der Waals surface area contributed by atoms with Gasteiger partial charge in [-0.15, -0.1) is 0 Å². The van der Waals surface area contributed by atoms with E-state index in [1.807, 2.05) is 13.8 Å². The highest BCUT2D eigenvalue weighted by molar-refractivity contribution is 5.95. The molecular formula is C16H23N3O2. The van der Waals surface area contributed by atoms with Crippen LogP contribution in [0.25, 0.3) is 0 Å². The molecule has 5 nitrogen and oxygen atoms in total. The first-order chi connectivity index (χ1) is 10.1. The summed E-state index contributed by atoms with van der Waals surface area (Å²) in [5.74, 6) is -0.0615. The summed E-state index contributed by atoms with van der Waals surface area (Å²) in [7, 11) is 0. The number of carbonyl (C=O) groups is 2. The van der Waals surface area contributed by atoms with Gasteiger partial charge in [0.25, 0.3) is 0 Å². The van der Waals surface area contributed by atoms with E-state index in [1.54, 1.807) is 24.3 Å². The fourth-order valence-electron chi connectivity index (χ4n) is 2.23. The van der Waals surface area contributed by atoms with Crippen LogP contribution in [0.5, 0.6) is 0 Å². The standard InChI is InChI=1S/C16H23N3O2/c1-11(2)15(20)18-12-6-8-13(9-7-12)19-16(21)14-5-3-4-10-17-14/h6-9,11,14,17H,3-5,10H2,1-2H3,(H,18,20)(H,19,21)/t14-/m1/s1. The van der Waals surface area contributed by atoms with Crippen LogP contribution < -0.4 is 16.0 Å². The molecule has 0 aromatic heterocycles. The van der Waals surface area contributed by atoms with E-state index in [-0.39, 0.29) is 23.8 Å². The highest BCUT2D eigenvalue weighted by Crippen LogP contribution is 2.16. The zero-order chi connectivity index (χ0) is 15.2. The van der Waals surface area contributed by atoms with Crippen molar-refractivity contribution < 1.29 is 9.59 Å². The molecule has 1 aromatic rings. The second-order valence-electron chi connectivity index (χ2n) is 5.71. The minimum Gasteiger partial charge on any atom is -0.326 e. The van der Waals surface area contributed by atoms with E-state index < -0.39 is 0 Å². The van der Waals surface area contributed by atoms with E-state index >= 15 is 0 Å². The third-order valence-corrected chi connectivity index (χ3v) is 3.57. The van der Waals surface area contributed by atoms with Gasteiger partial charge < -0.3 is 16.0 Å². The fourth-order valence-corrected chi connectivity index (χ4v) is 2.23. The van der Waals surface area contributed by atoms with Crippen LogP contribution in [0.2, 0.25) is 0 Å². The van der Waals surface area contributed by atoms with Crippen LogP contribution in [0.1, 0.15) is 33.1 Å². The number of benzene rings is 1. The minimum absolute atomic E-state index is 0.00802. The number of anilines is 2. The van der Waals surface area contributed by atoms with Crippen LogP contribution >= 0.6 is 0 Å². The van der Waals surface area contributed by atoms with E-state index in [4.69, 9.17) is 0 Å². The molecular weight excluding hydrogens is 266 g/mol. The molecule has 21 heavy (non-hydrogen) atoms. The molecule has 0 bridgehead atoms. The summed E-state index contributed by atoms with van der Waals surface area (Å²) in [6, 6.07) is 7.10. The Labute approximate surface area is 125 Å². The van der Waals surface area contributed by atoms with Crippen molar-refractivity contribution in [1.29, 1.82) is 0 Å².